The van der Waals surface area contributed by atoms with Gasteiger partial charge in [-0.1, -0.05) is 70.3 Å². The zero-order valence-corrected chi connectivity index (χ0v) is 18.4. The first kappa shape index (κ1) is 23.4. The Morgan fingerprint density at radius 1 is 1.09 bits per heavy atom. The van der Waals surface area contributed by atoms with Gasteiger partial charge in [0.25, 0.3) is 0 Å². The average Bonchev–Trinajstić information content (AvgIpc) is 2.77. The lowest BCUT2D eigenvalue weighted by Gasteiger charge is -2.14. The second-order valence-electron chi connectivity index (χ2n) is 6.74. The number of aromatic nitrogens is 1. The molecule has 6 nitrogen and oxygen atoms in total. The standard InChI is InChI=1S/C22H17Cl2F2N3O3/c1-11-6-8-13(9-7-11)19(14-4-3-5-15(25)10-14)29-32-22(30)12(2)31-21-17(24)18(27)16(23)20(26)28-21/h3-10,12H,1-2H3,(H2,27,28)/b29-19-/t12-/m1/s1. The molecule has 10 heteroatoms. The summed E-state index contributed by atoms with van der Waals surface area (Å²) in [6, 6.07) is 12.9. The zero-order chi connectivity index (χ0) is 23.4. The molecule has 0 aliphatic heterocycles. The Hall–Kier alpha value is -3.23. The highest BCUT2D eigenvalue weighted by atomic mass is 35.5. The van der Waals surface area contributed by atoms with Gasteiger partial charge in [0.2, 0.25) is 11.8 Å². The Labute approximate surface area is 192 Å². The van der Waals surface area contributed by atoms with Crippen molar-refractivity contribution < 1.29 is 23.1 Å². The first-order valence-corrected chi connectivity index (χ1v) is 10.0. The average molecular weight is 480 g/mol. The van der Waals surface area contributed by atoms with Gasteiger partial charge in [0, 0.05) is 11.1 Å². The first-order chi connectivity index (χ1) is 15.2. The van der Waals surface area contributed by atoms with Gasteiger partial charge in [0.15, 0.2) is 6.10 Å². The zero-order valence-electron chi connectivity index (χ0n) is 16.9. The third kappa shape index (κ3) is 5.33. The molecule has 32 heavy (non-hydrogen) atoms. The van der Waals surface area contributed by atoms with E-state index in [0.717, 1.165) is 5.56 Å². The van der Waals surface area contributed by atoms with Crippen molar-refractivity contribution in [2.24, 2.45) is 5.16 Å². The number of nitrogens with two attached hydrogens (primary N) is 1. The molecular weight excluding hydrogens is 463 g/mol. The lowest BCUT2D eigenvalue weighted by atomic mass is 10.0. The lowest BCUT2D eigenvalue weighted by molar-refractivity contribution is -0.151. The van der Waals surface area contributed by atoms with E-state index in [1.54, 1.807) is 18.2 Å². The van der Waals surface area contributed by atoms with E-state index in [9.17, 15) is 13.6 Å². The number of rotatable bonds is 6. The summed E-state index contributed by atoms with van der Waals surface area (Å²) in [6.07, 6.45) is -1.28. The summed E-state index contributed by atoms with van der Waals surface area (Å²) in [7, 11) is 0. The fourth-order valence-corrected chi connectivity index (χ4v) is 2.95. The predicted octanol–water partition coefficient (Wildman–Crippen LogP) is 5.32. The molecule has 0 amide bonds. The van der Waals surface area contributed by atoms with E-state index in [1.165, 1.54) is 25.1 Å². The second-order valence-corrected chi connectivity index (χ2v) is 7.49. The van der Waals surface area contributed by atoms with Crippen LogP contribution in [0.5, 0.6) is 5.88 Å². The van der Waals surface area contributed by atoms with Crippen molar-refractivity contribution in [1.82, 2.24) is 4.98 Å². The maximum atomic E-state index is 13.8. The van der Waals surface area contributed by atoms with Crippen molar-refractivity contribution >= 4 is 40.6 Å². The highest BCUT2D eigenvalue weighted by Gasteiger charge is 2.23. The van der Waals surface area contributed by atoms with Gasteiger partial charge in [-0.25, -0.2) is 9.18 Å². The van der Waals surface area contributed by atoms with E-state index >= 15 is 0 Å². The number of ether oxygens (including phenoxy) is 1. The van der Waals surface area contributed by atoms with Crippen LogP contribution in [-0.2, 0) is 9.63 Å². The smallest absolute Gasteiger partial charge is 0.374 e. The fourth-order valence-electron chi connectivity index (χ4n) is 2.59. The molecule has 0 aliphatic rings. The maximum absolute atomic E-state index is 13.8. The molecule has 3 aromatic rings. The third-order valence-corrected chi connectivity index (χ3v) is 5.04. The number of nitrogen functional groups attached to an aromatic ring is 1. The van der Waals surface area contributed by atoms with E-state index in [4.69, 9.17) is 38.5 Å². The number of benzene rings is 2. The molecule has 1 aromatic heterocycles. The Morgan fingerprint density at radius 2 is 1.78 bits per heavy atom. The van der Waals surface area contributed by atoms with Crippen molar-refractivity contribution in [2.75, 3.05) is 5.73 Å². The van der Waals surface area contributed by atoms with Gasteiger partial charge in [-0.05, 0) is 26.0 Å². The van der Waals surface area contributed by atoms with Crippen LogP contribution in [0.25, 0.3) is 0 Å². The van der Waals surface area contributed by atoms with Crippen LogP contribution < -0.4 is 10.5 Å². The lowest BCUT2D eigenvalue weighted by Crippen LogP contribution is -2.26. The molecule has 1 heterocycles. The molecule has 0 fully saturated rings. The molecule has 166 valence electrons. The molecule has 0 aliphatic carbocycles. The molecule has 0 saturated carbocycles. The third-order valence-electron chi connectivity index (χ3n) is 4.31. The van der Waals surface area contributed by atoms with E-state index in [-0.39, 0.29) is 16.4 Å². The predicted molar refractivity (Wildman–Crippen MR) is 118 cm³/mol. The van der Waals surface area contributed by atoms with Crippen molar-refractivity contribution in [1.29, 1.82) is 0 Å². The maximum Gasteiger partial charge on any atom is 0.374 e. The van der Waals surface area contributed by atoms with Gasteiger partial charge in [0.05, 0.1) is 5.69 Å². The molecule has 1 atom stereocenters. The summed E-state index contributed by atoms with van der Waals surface area (Å²) < 4.78 is 32.8. The molecule has 3 rings (SSSR count). The number of nitrogens with zero attached hydrogens (tertiary/aromatic N) is 2. The summed E-state index contributed by atoms with van der Waals surface area (Å²) in [4.78, 5) is 20.9. The van der Waals surface area contributed by atoms with Crippen LogP contribution in [0.4, 0.5) is 14.5 Å². The Kier molecular flexibility index (Phi) is 7.27. The molecule has 2 N–H and O–H groups in total. The number of hydrogen-bond donors (Lipinski definition) is 1. The van der Waals surface area contributed by atoms with E-state index in [1.807, 2.05) is 19.1 Å². The SMILES string of the molecule is Cc1ccc(/C(=N/OC(=O)[C@@H](C)Oc2nc(F)c(Cl)c(N)c2Cl)c2cccc(F)c2)cc1. The van der Waals surface area contributed by atoms with Crippen LogP contribution in [0.15, 0.2) is 53.7 Å². The van der Waals surface area contributed by atoms with Gasteiger partial charge in [-0.15, -0.1) is 0 Å². The second kappa shape index (κ2) is 9.93. The number of carbonyl (C=O) groups is 1. The van der Waals surface area contributed by atoms with Gasteiger partial charge in [0.1, 0.15) is 21.6 Å². The highest BCUT2D eigenvalue weighted by Crippen LogP contribution is 2.35. The van der Waals surface area contributed by atoms with Crippen molar-refractivity contribution in [3.63, 3.8) is 0 Å². The minimum atomic E-state index is -1.28. The number of oxime groups is 1. The van der Waals surface area contributed by atoms with Crippen LogP contribution in [0.3, 0.4) is 0 Å². The van der Waals surface area contributed by atoms with Gasteiger partial charge in [-0.3, -0.25) is 0 Å². The van der Waals surface area contributed by atoms with Crippen LogP contribution >= 0.6 is 23.2 Å². The number of pyridine rings is 1. The number of carbonyl (C=O) groups excluding carboxylic acids is 1. The van der Waals surface area contributed by atoms with Crippen LogP contribution in [0.1, 0.15) is 23.6 Å². The molecular formula is C22H17Cl2F2N3O3. The molecule has 0 spiro atoms. The van der Waals surface area contributed by atoms with Crippen LogP contribution in [-0.4, -0.2) is 22.8 Å². The van der Waals surface area contributed by atoms with E-state index < -0.39 is 34.7 Å². The summed E-state index contributed by atoms with van der Waals surface area (Å²) in [5.74, 6) is -2.94. The number of aryl methyl sites for hydroxylation is 1. The minimum Gasteiger partial charge on any atom is -0.461 e. The Balaban J connectivity index is 1.85. The normalized spacial score (nSPS) is 12.4. The summed E-state index contributed by atoms with van der Waals surface area (Å²) in [5, 5.41) is 3.21. The van der Waals surface area contributed by atoms with Crippen molar-refractivity contribution in [3.8, 4) is 5.88 Å². The monoisotopic (exact) mass is 479 g/mol. The molecule has 0 radical (unpaired) electrons. The largest absolute Gasteiger partial charge is 0.461 e. The summed E-state index contributed by atoms with van der Waals surface area (Å²) >= 11 is 11.6. The Morgan fingerprint density at radius 3 is 2.44 bits per heavy atom. The molecule has 0 bridgehead atoms. The van der Waals surface area contributed by atoms with Crippen molar-refractivity contribution in [3.05, 3.63) is 87.0 Å². The Bertz CT molecular complexity index is 1190. The highest BCUT2D eigenvalue weighted by molar-refractivity contribution is 6.39. The summed E-state index contributed by atoms with van der Waals surface area (Å²) in [6.45, 7) is 3.24. The van der Waals surface area contributed by atoms with Crippen molar-refractivity contribution in [2.45, 2.75) is 20.0 Å². The number of hydrogen-bond acceptors (Lipinski definition) is 6. The van der Waals surface area contributed by atoms with Gasteiger partial charge in [-0.2, -0.15) is 9.37 Å². The van der Waals surface area contributed by atoms with E-state index in [0.29, 0.717) is 11.1 Å². The molecule has 2 aromatic carbocycles. The number of anilines is 1. The van der Waals surface area contributed by atoms with Crippen LogP contribution in [0.2, 0.25) is 10.0 Å². The van der Waals surface area contributed by atoms with Gasteiger partial charge < -0.3 is 15.3 Å². The quantitative estimate of drug-likeness (QED) is 0.223. The molecule has 0 saturated heterocycles. The number of halogens is 4. The molecule has 0 unspecified atom stereocenters. The minimum absolute atomic E-state index is 0.225. The van der Waals surface area contributed by atoms with E-state index in [2.05, 4.69) is 10.1 Å². The first-order valence-electron chi connectivity index (χ1n) is 9.25. The van der Waals surface area contributed by atoms with Crippen LogP contribution in [0, 0.1) is 18.7 Å². The van der Waals surface area contributed by atoms with Gasteiger partial charge >= 0.3 is 5.97 Å². The fraction of sp³-hybridized carbons (Fsp3) is 0.136. The summed E-state index contributed by atoms with van der Waals surface area (Å²) in [5.41, 5.74) is 7.54. The topological polar surface area (TPSA) is 86.8 Å².